The standard InChI is InChI=1S/C9H12BrN3/c1-7(13(2)3)12-9-5-4-8(10)6-11-9/h4-6H,1-3H3/b12-7+. The van der Waals surface area contributed by atoms with Crippen LogP contribution < -0.4 is 0 Å². The van der Waals surface area contributed by atoms with Gasteiger partial charge in [-0.25, -0.2) is 9.98 Å². The van der Waals surface area contributed by atoms with Gasteiger partial charge in [0, 0.05) is 24.8 Å². The van der Waals surface area contributed by atoms with E-state index in [4.69, 9.17) is 0 Å². The number of aliphatic imine (C=N–C) groups is 1. The van der Waals surface area contributed by atoms with Crippen molar-refractivity contribution in [1.82, 2.24) is 9.88 Å². The maximum atomic E-state index is 4.31. The number of hydrogen-bond donors (Lipinski definition) is 0. The summed E-state index contributed by atoms with van der Waals surface area (Å²) in [6.45, 7) is 1.95. The van der Waals surface area contributed by atoms with E-state index in [1.54, 1.807) is 6.20 Å². The molecule has 0 aliphatic rings. The van der Waals surface area contributed by atoms with Crippen LogP contribution in [0.2, 0.25) is 0 Å². The van der Waals surface area contributed by atoms with Crippen molar-refractivity contribution in [3.63, 3.8) is 0 Å². The molecule has 0 radical (unpaired) electrons. The molecule has 1 heterocycles. The third kappa shape index (κ3) is 3.14. The largest absolute Gasteiger partial charge is 0.366 e. The average molecular weight is 242 g/mol. The SMILES string of the molecule is C/C(=N\c1ccc(Br)cn1)N(C)C. The van der Waals surface area contributed by atoms with Crippen LogP contribution in [0.4, 0.5) is 5.82 Å². The molecule has 0 fully saturated rings. The van der Waals surface area contributed by atoms with Gasteiger partial charge in [0.2, 0.25) is 0 Å². The van der Waals surface area contributed by atoms with Crippen LogP contribution in [0.15, 0.2) is 27.8 Å². The Kier molecular flexibility index (Phi) is 3.42. The van der Waals surface area contributed by atoms with Gasteiger partial charge in [-0.15, -0.1) is 0 Å². The van der Waals surface area contributed by atoms with Crippen molar-refractivity contribution in [1.29, 1.82) is 0 Å². The van der Waals surface area contributed by atoms with Gasteiger partial charge in [0.25, 0.3) is 0 Å². The van der Waals surface area contributed by atoms with Gasteiger partial charge in [-0.2, -0.15) is 0 Å². The van der Waals surface area contributed by atoms with Gasteiger partial charge < -0.3 is 4.90 Å². The Morgan fingerprint density at radius 1 is 1.46 bits per heavy atom. The van der Waals surface area contributed by atoms with Crippen LogP contribution in [0, 0.1) is 0 Å². The Hall–Kier alpha value is -0.900. The van der Waals surface area contributed by atoms with Crippen molar-refractivity contribution < 1.29 is 0 Å². The molecule has 70 valence electrons. The third-order valence-electron chi connectivity index (χ3n) is 1.64. The van der Waals surface area contributed by atoms with Crippen molar-refractivity contribution in [3.05, 3.63) is 22.8 Å². The molecule has 1 aromatic heterocycles. The number of nitrogens with zero attached hydrogens (tertiary/aromatic N) is 3. The summed E-state index contributed by atoms with van der Waals surface area (Å²) in [6, 6.07) is 3.80. The molecule has 0 saturated heterocycles. The van der Waals surface area contributed by atoms with E-state index < -0.39 is 0 Å². The zero-order valence-electron chi connectivity index (χ0n) is 7.95. The van der Waals surface area contributed by atoms with Gasteiger partial charge in [0.05, 0.1) is 0 Å². The van der Waals surface area contributed by atoms with Crippen LogP contribution in [-0.2, 0) is 0 Å². The highest BCUT2D eigenvalue weighted by Gasteiger charge is 1.95. The number of pyridine rings is 1. The van der Waals surface area contributed by atoms with Gasteiger partial charge in [-0.05, 0) is 35.0 Å². The third-order valence-corrected chi connectivity index (χ3v) is 2.10. The average Bonchev–Trinajstić information content (AvgIpc) is 2.08. The molecule has 0 saturated carbocycles. The minimum absolute atomic E-state index is 0.731. The normalized spacial score (nSPS) is 11.5. The van der Waals surface area contributed by atoms with Crippen molar-refractivity contribution in [3.8, 4) is 0 Å². The second-order valence-corrected chi connectivity index (χ2v) is 3.80. The smallest absolute Gasteiger partial charge is 0.153 e. The van der Waals surface area contributed by atoms with Crippen molar-refractivity contribution >= 4 is 27.6 Å². The monoisotopic (exact) mass is 241 g/mol. The summed E-state index contributed by atoms with van der Waals surface area (Å²) < 4.78 is 0.967. The van der Waals surface area contributed by atoms with E-state index in [-0.39, 0.29) is 0 Å². The summed E-state index contributed by atoms with van der Waals surface area (Å²) in [7, 11) is 3.91. The summed E-state index contributed by atoms with van der Waals surface area (Å²) in [4.78, 5) is 10.4. The summed E-state index contributed by atoms with van der Waals surface area (Å²) in [6.07, 6.45) is 1.74. The number of halogens is 1. The fraction of sp³-hybridized carbons (Fsp3) is 0.333. The Balaban J connectivity index is 2.85. The highest BCUT2D eigenvalue weighted by molar-refractivity contribution is 9.10. The molecule has 0 amide bonds. The molecule has 13 heavy (non-hydrogen) atoms. The molecule has 1 rings (SSSR count). The van der Waals surface area contributed by atoms with E-state index in [1.807, 2.05) is 38.1 Å². The van der Waals surface area contributed by atoms with E-state index in [0.717, 1.165) is 16.1 Å². The van der Waals surface area contributed by atoms with Gasteiger partial charge in [0.1, 0.15) is 5.84 Å². The quantitative estimate of drug-likeness (QED) is 0.559. The first-order valence-electron chi connectivity index (χ1n) is 3.94. The lowest BCUT2D eigenvalue weighted by molar-refractivity contribution is 0.618. The molecule has 0 atom stereocenters. The zero-order chi connectivity index (χ0) is 9.84. The summed E-state index contributed by atoms with van der Waals surface area (Å²) in [5.41, 5.74) is 0. The van der Waals surface area contributed by atoms with Crippen LogP contribution in [-0.4, -0.2) is 29.8 Å². The second kappa shape index (κ2) is 4.37. The maximum Gasteiger partial charge on any atom is 0.153 e. The molecule has 1 aromatic rings. The lowest BCUT2D eigenvalue weighted by Crippen LogP contribution is -2.17. The zero-order valence-corrected chi connectivity index (χ0v) is 9.54. The summed E-state index contributed by atoms with van der Waals surface area (Å²) >= 11 is 3.32. The van der Waals surface area contributed by atoms with Gasteiger partial charge >= 0.3 is 0 Å². The molecule has 4 heteroatoms. The molecular formula is C9H12BrN3. The minimum Gasteiger partial charge on any atom is -0.366 e. The topological polar surface area (TPSA) is 28.5 Å². The van der Waals surface area contributed by atoms with Crippen LogP contribution in [0.25, 0.3) is 0 Å². The van der Waals surface area contributed by atoms with E-state index in [1.165, 1.54) is 0 Å². The Labute approximate surface area is 86.6 Å². The highest BCUT2D eigenvalue weighted by atomic mass is 79.9. The molecule has 0 bridgehead atoms. The highest BCUT2D eigenvalue weighted by Crippen LogP contribution is 2.13. The fourth-order valence-corrected chi connectivity index (χ4v) is 0.934. The Morgan fingerprint density at radius 3 is 2.62 bits per heavy atom. The minimum atomic E-state index is 0.731. The first kappa shape index (κ1) is 10.2. The van der Waals surface area contributed by atoms with E-state index in [0.29, 0.717) is 0 Å². The predicted molar refractivity (Wildman–Crippen MR) is 58.4 cm³/mol. The van der Waals surface area contributed by atoms with Crippen LogP contribution in [0.3, 0.4) is 0 Å². The van der Waals surface area contributed by atoms with Crippen molar-refractivity contribution in [2.45, 2.75) is 6.92 Å². The van der Waals surface area contributed by atoms with Crippen molar-refractivity contribution in [2.75, 3.05) is 14.1 Å². The number of aromatic nitrogens is 1. The van der Waals surface area contributed by atoms with Crippen LogP contribution >= 0.6 is 15.9 Å². The van der Waals surface area contributed by atoms with Gasteiger partial charge in [-0.1, -0.05) is 0 Å². The summed E-state index contributed by atoms with van der Waals surface area (Å²) in [5.74, 6) is 1.67. The van der Waals surface area contributed by atoms with Crippen LogP contribution in [0.5, 0.6) is 0 Å². The fourth-order valence-electron chi connectivity index (χ4n) is 0.700. The lowest BCUT2D eigenvalue weighted by atomic mass is 10.4. The molecule has 0 aliphatic carbocycles. The summed E-state index contributed by atoms with van der Waals surface area (Å²) in [5, 5.41) is 0. The van der Waals surface area contributed by atoms with E-state index in [9.17, 15) is 0 Å². The first-order chi connectivity index (χ1) is 6.09. The van der Waals surface area contributed by atoms with Crippen molar-refractivity contribution in [2.24, 2.45) is 4.99 Å². The molecule has 0 unspecified atom stereocenters. The second-order valence-electron chi connectivity index (χ2n) is 2.89. The number of amidine groups is 1. The number of rotatable bonds is 1. The Bertz CT molecular complexity index is 303. The van der Waals surface area contributed by atoms with Gasteiger partial charge in [-0.3, -0.25) is 0 Å². The molecule has 0 aromatic carbocycles. The predicted octanol–water partition coefficient (Wildman–Crippen LogP) is 2.46. The molecule has 0 spiro atoms. The van der Waals surface area contributed by atoms with E-state index >= 15 is 0 Å². The molecule has 0 N–H and O–H groups in total. The first-order valence-corrected chi connectivity index (χ1v) is 4.73. The molecule has 0 aliphatic heterocycles. The number of hydrogen-bond acceptors (Lipinski definition) is 2. The lowest BCUT2D eigenvalue weighted by Gasteiger charge is -2.10. The Morgan fingerprint density at radius 2 is 2.15 bits per heavy atom. The van der Waals surface area contributed by atoms with E-state index in [2.05, 4.69) is 25.9 Å². The maximum absolute atomic E-state index is 4.31. The molecular weight excluding hydrogens is 230 g/mol. The van der Waals surface area contributed by atoms with Crippen LogP contribution in [0.1, 0.15) is 6.92 Å². The van der Waals surface area contributed by atoms with Gasteiger partial charge in [0.15, 0.2) is 5.82 Å². The molecule has 3 nitrogen and oxygen atoms in total.